The molecule has 0 atom stereocenters. The summed E-state index contributed by atoms with van der Waals surface area (Å²) >= 11 is 0. The van der Waals surface area contributed by atoms with Gasteiger partial charge in [0.05, 0.1) is 18.7 Å². The highest BCUT2D eigenvalue weighted by Gasteiger charge is 2.10. The summed E-state index contributed by atoms with van der Waals surface area (Å²) in [6, 6.07) is 8.71. The molecular weight excluding hydrogens is 234 g/mol. The molecule has 1 aromatic carbocycles. The van der Waals surface area contributed by atoms with Crippen molar-refractivity contribution in [1.29, 1.82) is 0 Å². The third-order valence-electron chi connectivity index (χ3n) is 2.25. The van der Waals surface area contributed by atoms with Gasteiger partial charge in [-0.15, -0.1) is 0 Å². The summed E-state index contributed by atoms with van der Waals surface area (Å²) in [5, 5.41) is 0. The molecule has 0 heterocycles. The quantitative estimate of drug-likeness (QED) is 0.750. The maximum Gasteiger partial charge on any atom is 0.409 e. The van der Waals surface area contributed by atoms with Crippen molar-refractivity contribution in [3.05, 3.63) is 35.9 Å². The number of amides is 1. The number of likely N-dealkylation sites (N-methyl/N-ethyl adjacent to an activating group) is 1. The molecule has 1 rings (SSSR count). The van der Waals surface area contributed by atoms with Crippen molar-refractivity contribution in [3.8, 4) is 0 Å². The van der Waals surface area contributed by atoms with Gasteiger partial charge in [0.1, 0.15) is 6.61 Å². The highest BCUT2D eigenvalue weighted by molar-refractivity contribution is 5.89. The van der Waals surface area contributed by atoms with Crippen LogP contribution in [-0.2, 0) is 9.47 Å². The zero-order chi connectivity index (χ0) is 13.4. The standard InChI is InChI=1S/C13H17NO4/c1-3-17-13(16)14(2)9-10-18-12(15)11-7-5-4-6-8-11/h4-8H,3,9-10H2,1-2H3. The van der Waals surface area contributed by atoms with E-state index in [-0.39, 0.29) is 6.61 Å². The van der Waals surface area contributed by atoms with Crippen LogP contribution in [0.25, 0.3) is 0 Å². The summed E-state index contributed by atoms with van der Waals surface area (Å²) in [5.41, 5.74) is 0.497. The Hall–Kier alpha value is -2.04. The second-order valence-electron chi connectivity index (χ2n) is 3.62. The van der Waals surface area contributed by atoms with Crippen LogP contribution in [0.4, 0.5) is 4.79 Å². The number of hydrogen-bond acceptors (Lipinski definition) is 4. The van der Waals surface area contributed by atoms with Gasteiger partial charge in [0.15, 0.2) is 0 Å². The molecule has 0 bridgehead atoms. The SMILES string of the molecule is CCOC(=O)N(C)CCOC(=O)c1ccccc1. The predicted molar refractivity (Wildman–Crippen MR) is 66.4 cm³/mol. The Labute approximate surface area is 106 Å². The zero-order valence-electron chi connectivity index (χ0n) is 10.6. The monoisotopic (exact) mass is 251 g/mol. The van der Waals surface area contributed by atoms with Gasteiger partial charge in [-0.3, -0.25) is 0 Å². The number of rotatable bonds is 5. The molecule has 1 amide bonds. The minimum Gasteiger partial charge on any atom is -0.460 e. The van der Waals surface area contributed by atoms with E-state index in [9.17, 15) is 9.59 Å². The van der Waals surface area contributed by atoms with E-state index in [1.807, 2.05) is 6.07 Å². The molecule has 0 radical (unpaired) electrons. The fourth-order valence-corrected chi connectivity index (χ4v) is 1.26. The van der Waals surface area contributed by atoms with Crippen LogP contribution >= 0.6 is 0 Å². The average Bonchev–Trinajstić information content (AvgIpc) is 2.39. The highest BCUT2D eigenvalue weighted by Crippen LogP contribution is 2.01. The van der Waals surface area contributed by atoms with Crippen molar-refractivity contribution in [3.63, 3.8) is 0 Å². The van der Waals surface area contributed by atoms with Gasteiger partial charge in [-0.1, -0.05) is 18.2 Å². The summed E-state index contributed by atoms with van der Waals surface area (Å²) in [6.07, 6.45) is -0.423. The topological polar surface area (TPSA) is 55.8 Å². The molecule has 0 saturated heterocycles. The molecular formula is C13H17NO4. The Bertz CT molecular complexity index is 391. The Morgan fingerprint density at radius 1 is 1.17 bits per heavy atom. The molecule has 98 valence electrons. The summed E-state index contributed by atoms with van der Waals surface area (Å²) in [7, 11) is 1.59. The smallest absolute Gasteiger partial charge is 0.409 e. The van der Waals surface area contributed by atoms with Crippen molar-refractivity contribution < 1.29 is 19.1 Å². The van der Waals surface area contributed by atoms with Gasteiger partial charge in [0, 0.05) is 7.05 Å². The molecule has 0 spiro atoms. The Kier molecular flexibility index (Phi) is 5.70. The van der Waals surface area contributed by atoms with E-state index >= 15 is 0 Å². The molecule has 0 aromatic heterocycles. The number of carbonyl (C=O) groups is 2. The Morgan fingerprint density at radius 3 is 2.44 bits per heavy atom. The highest BCUT2D eigenvalue weighted by atomic mass is 16.6. The van der Waals surface area contributed by atoms with Crippen molar-refractivity contribution >= 4 is 12.1 Å². The first-order valence-electron chi connectivity index (χ1n) is 5.75. The minimum absolute atomic E-state index is 0.142. The average molecular weight is 251 g/mol. The van der Waals surface area contributed by atoms with Crippen LogP contribution in [0.5, 0.6) is 0 Å². The maximum atomic E-state index is 11.6. The normalized spacial score (nSPS) is 9.67. The number of esters is 1. The molecule has 0 aliphatic heterocycles. The van der Waals surface area contributed by atoms with Crippen LogP contribution in [0.15, 0.2) is 30.3 Å². The van der Waals surface area contributed by atoms with E-state index in [4.69, 9.17) is 9.47 Å². The molecule has 5 nitrogen and oxygen atoms in total. The first kappa shape index (κ1) is 14.0. The van der Waals surface area contributed by atoms with Crippen molar-refractivity contribution in [2.45, 2.75) is 6.92 Å². The molecule has 1 aromatic rings. The zero-order valence-corrected chi connectivity index (χ0v) is 10.6. The van der Waals surface area contributed by atoms with Gasteiger partial charge in [-0.25, -0.2) is 9.59 Å². The fourth-order valence-electron chi connectivity index (χ4n) is 1.26. The van der Waals surface area contributed by atoms with Gasteiger partial charge in [-0.2, -0.15) is 0 Å². The van der Waals surface area contributed by atoms with Crippen LogP contribution in [0, 0.1) is 0 Å². The molecule has 0 aliphatic carbocycles. The van der Waals surface area contributed by atoms with E-state index in [2.05, 4.69) is 0 Å². The lowest BCUT2D eigenvalue weighted by Crippen LogP contribution is -2.31. The molecule has 0 saturated carbocycles. The van der Waals surface area contributed by atoms with Crippen molar-refractivity contribution in [2.24, 2.45) is 0 Å². The Balaban J connectivity index is 2.30. The number of carbonyl (C=O) groups excluding carboxylic acids is 2. The number of hydrogen-bond donors (Lipinski definition) is 0. The first-order chi connectivity index (χ1) is 8.65. The van der Waals surface area contributed by atoms with Crippen molar-refractivity contribution in [2.75, 3.05) is 26.8 Å². The van der Waals surface area contributed by atoms with Crippen LogP contribution in [0.1, 0.15) is 17.3 Å². The van der Waals surface area contributed by atoms with Gasteiger partial charge in [-0.05, 0) is 19.1 Å². The van der Waals surface area contributed by atoms with Crippen LogP contribution in [0.2, 0.25) is 0 Å². The minimum atomic E-state index is -0.423. The van der Waals surface area contributed by atoms with Gasteiger partial charge in [0.25, 0.3) is 0 Å². The second kappa shape index (κ2) is 7.32. The molecule has 0 N–H and O–H groups in total. The van der Waals surface area contributed by atoms with E-state index < -0.39 is 12.1 Å². The molecule has 0 unspecified atom stereocenters. The molecule has 0 fully saturated rings. The third kappa shape index (κ3) is 4.45. The first-order valence-corrected chi connectivity index (χ1v) is 5.75. The predicted octanol–water partition coefficient (Wildman–Crippen LogP) is 1.93. The Morgan fingerprint density at radius 2 is 1.83 bits per heavy atom. The fraction of sp³-hybridized carbons (Fsp3) is 0.385. The number of ether oxygens (including phenoxy) is 2. The van der Waals surface area contributed by atoms with Crippen molar-refractivity contribution in [1.82, 2.24) is 4.90 Å². The van der Waals surface area contributed by atoms with Gasteiger partial charge < -0.3 is 14.4 Å². The van der Waals surface area contributed by atoms with Crippen LogP contribution < -0.4 is 0 Å². The lowest BCUT2D eigenvalue weighted by molar-refractivity contribution is 0.0457. The van der Waals surface area contributed by atoms with Crippen LogP contribution in [0.3, 0.4) is 0 Å². The van der Waals surface area contributed by atoms with E-state index in [1.165, 1.54) is 4.90 Å². The molecule has 0 aliphatic rings. The summed E-state index contributed by atoms with van der Waals surface area (Å²) in [4.78, 5) is 24.2. The van der Waals surface area contributed by atoms with E-state index in [1.54, 1.807) is 38.2 Å². The largest absolute Gasteiger partial charge is 0.460 e. The van der Waals surface area contributed by atoms with E-state index in [0.717, 1.165) is 0 Å². The summed E-state index contributed by atoms with van der Waals surface area (Å²) < 4.78 is 9.83. The molecule has 5 heteroatoms. The van der Waals surface area contributed by atoms with Gasteiger partial charge >= 0.3 is 12.1 Å². The van der Waals surface area contributed by atoms with Crippen LogP contribution in [-0.4, -0.2) is 43.8 Å². The summed E-state index contributed by atoms with van der Waals surface area (Å²) in [6.45, 7) is 2.51. The second-order valence-corrected chi connectivity index (χ2v) is 3.62. The maximum absolute atomic E-state index is 11.6. The van der Waals surface area contributed by atoms with E-state index in [0.29, 0.717) is 18.7 Å². The molecule has 18 heavy (non-hydrogen) atoms. The number of benzene rings is 1. The lowest BCUT2D eigenvalue weighted by Gasteiger charge is -2.16. The lowest BCUT2D eigenvalue weighted by atomic mass is 10.2. The number of nitrogens with zero attached hydrogens (tertiary/aromatic N) is 1. The third-order valence-corrected chi connectivity index (χ3v) is 2.25. The summed E-state index contributed by atoms with van der Waals surface area (Å²) in [5.74, 6) is -0.396. The van der Waals surface area contributed by atoms with Gasteiger partial charge in [0.2, 0.25) is 0 Å².